The van der Waals surface area contributed by atoms with Crippen LogP contribution in [-0.2, 0) is 11.3 Å². The first-order chi connectivity index (χ1) is 15.5. The number of pyridine rings is 1. The second-order valence-electron chi connectivity index (χ2n) is 8.19. The Morgan fingerprint density at radius 2 is 1.84 bits per heavy atom. The second kappa shape index (κ2) is 8.31. The fourth-order valence-corrected chi connectivity index (χ4v) is 5.60. The van der Waals surface area contributed by atoms with E-state index in [4.69, 9.17) is 0 Å². The number of carbonyl (C=O) groups excluding carboxylic acids is 1. The average molecular weight is 451 g/mol. The molecule has 1 saturated heterocycles. The summed E-state index contributed by atoms with van der Waals surface area (Å²) in [4.78, 5) is 43.7. The normalized spacial score (nSPS) is 19.4. The molecule has 5 rings (SSSR count). The van der Waals surface area contributed by atoms with Gasteiger partial charge in [-0.25, -0.2) is 0 Å². The number of piperidine rings is 1. The molecule has 0 aliphatic carbocycles. The quantitative estimate of drug-likeness (QED) is 0.481. The van der Waals surface area contributed by atoms with Gasteiger partial charge in [0.05, 0.1) is 17.5 Å². The van der Waals surface area contributed by atoms with Crippen molar-refractivity contribution in [2.45, 2.75) is 24.0 Å². The van der Waals surface area contributed by atoms with E-state index >= 15 is 0 Å². The van der Waals surface area contributed by atoms with Gasteiger partial charge in [-0.1, -0.05) is 36.0 Å². The Morgan fingerprint density at radius 3 is 2.66 bits per heavy atom. The van der Waals surface area contributed by atoms with Gasteiger partial charge in [-0.2, -0.15) is 4.98 Å². The van der Waals surface area contributed by atoms with Gasteiger partial charge < -0.3 is 14.6 Å². The van der Waals surface area contributed by atoms with Crippen molar-refractivity contribution in [3.63, 3.8) is 0 Å². The van der Waals surface area contributed by atoms with E-state index in [1.807, 2.05) is 33.7 Å². The first-order valence-electron chi connectivity index (χ1n) is 10.5. The SMILES string of the molecule is O=C(CSc1nc(O)cc(=O)n1-c1ccccc1)N1C[C@H]2C[C@H](C1)c1cccc(=O)n1C2. The van der Waals surface area contributed by atoms with Gasteiger partial charge in [-0.15, -0.1) is 0 Å². The molecule has 2 aromatic heterocycles. The zero-order chi connectivity index (χ0) is 22.2. The summed E-state index contributed by atoms with van der Waals surface area (Å²) in [5.74, 6) is 0.0767. The second-order valence-corrected chi connectivity index (χ2v) is 9.13. The molecule has 0 unspecified atom stereocenters. The minimum atomic E-state index is -0.409. The molecular formula is C23H22N4O4S. The lowest BCUT2D eigenvalue weighted by Gasteiger charge is -2.42. The molecule has 1 N–H and O–H groups in total. The van der Waals surface area contributed by atoms with Gasteiger partial charge >= 0.3 is 0 Å². The van der Waals surface area contributed by atoms with Crippen LogP contribution in [0.2, 0.25) is 0 Å². The number of hydrogen-bond acceptors (Lipinski definition) is 6. The van der Waals surface area contributed by atoms with Crippen LogP contribution in [0.4, 0.5) is 0 Å². The van der Waals surface area contributed by atoms with Crippen LogP contribution in [0.5, 0.6) is 5.88 Å². The number of thioether (sulfide) groups is 1. The van der Waals surface area contributed by atoms with Crippen molar-refractivity contribution < 1.29 is 9.90 Å². The zero-order valence-electron chi connectivity index (χ0n) is 17.3. The summed E-state index contributed by atoms with van der Waals surface area (Å²) >= 11 is 1.13. The van der Waals surface area contributed by atoms with Gasteiger partial charge in [-0.3, -0.25) is 19.0 Å². The number of rotatable bonds is 4. The largest absolute Gasteiger partial charge is 0.493 e. The van der Waals surface area contributed by atoms with Crippen LogP contribution in [0.25, 0.3) is 5.69 Å². The fourth-order valence-electron chi connectivity index (χ4n) is 4.68. The number of likely N-dealkylation sites (tertiary alicyclic amines) is 1. The van der Waals surface area contributed by atoms with Crippen LogP contribution in [0.15, 0.2) is 69.3 Å². The highest BCUT2D eigenvalue weighted by Gasteiger charge is 2.36. The van der Waals surface area contributed by atoms with Crippen LogP contribution in [0, 0.1) is 5.92 Å². The Hall–Kier alpha value is -3.33. The first-order valence-corrected chi connectivity index (χ1v) is 11.5. The molecule has 2 aliphatic rings. The van der Waals surface area contributed by atoms with E-state index < -0.39 is 5.56 Å². The van der Waals surface area contributed by atoms with Crippen LogP contribution < -0.4 is 11.1 Å². The van der Waals surface area contributed by atoms with E-state index in [-0.39, 0.29) is 40.1 Å². The Balaban J connectivity index is 1.34. The number of aromatic hydroxyl groups is 1. The van der Waals surface area contributed by atoms with E-state index in [0.29, 0.717) is 25.3 Å². The molecule has 2 atom stereocenters. The minimum absolute atomic E-state index is 0.0152. The third kappa shape index (κ3) is 3.84. The van der Waals surface area contributed by atoms with Crippen molar-refractivity contribution in [1.29, 1.82) is 0 Å². The first kappa shape index (κ1) is 20.6. The lowest BCUT2D eigenvalue weighted by Crippen LogP contribution is -2.49. The third-order valence-corrected chi connectivity index (χ3v) is 6.97. The van der Waals surface area contributed by atoms with Gasteiger partial charge in [0, 0.05) is 37.3 Å². The summed E-state index contributed by atoms with van der Waals surface area (Å²) in [6, 6.07) is 15.4. The average Bonchev–Trinajstić information content (AvgIpc) is 2.78. The van der Waals surface area contributed by atoms with Crippen molar-refractivity contribution in [2.75, 3.05) is 18.8 Å². The molecule has 0 spiro atoms. The molecule has 0 radical (unpaired) electrons. The number of amides is 1. The predicted octanol–water partition coefficient (Wildman–Crippen LogP) is 1.84. The summed E-state index contributed by atoms with van der Waals surface area (Å²) in [5.41, 5.74) is 1.22. The van der Waals surface area contributed by atoms with Gasteiger partial charge in [0.25, 0.3) is 11.1 Å². The lowest BCUT2D eigenvalue weighted by atomic mass is 9.83. The summed E-state index contributed by atoms with van der Waals surface area (Å²) < 4.78 is 3.23. The van der Waals surface area contributed by atoms with Gasteiger partial charge in [0.2, 0.25) is 11.8 Å². The Kier molecular flexibility index (Phi) is 5.34. The number of aromatic nitrogens is 3. The van der Waals surface area contributed by atoms with Gasteiger partial charge in [-0.05, 0) is 30.5 Å². The maximum Gasteiger partial charge on any atom is 0.262 e. The molecule has 1 aromatic carbocycles. The molecule has 8 nitrogen and oxygen atoms in total. The standard InChI is InChI=1S/C23H22N4O4S/c28-19-10-21(30)27(17-5-2-1-3-6-17)23(24-19)32-14-22(31)25-11-15-9-16(13-25)18-7-4-8-20(29)26(18)12-15/h1-8,10,15-16,28H,9,11-14H2/t15-,16-/m1/s1. The number of benzene rings is 1. The van der Waals surface area contributed by atoms with E-state index in [0.717, 1.165) is 29.9 Å². The molecule has 164 valence electrons. The minimum Gasteiger partial charge on any atom is -0.493 e. The van der Waals surface area contributed by atoms with Crippen LogP contribution >= 0.6 is 11.8 Å². The van der Waals surface area contributed by atoms with E-state index in [9.17, 15) is 19.5 Å². The molecule has 3 aromatic rings. The van der Waals surface area contributed by atoms with Gasteiger partial charge in [0.15, 0.2) is 5.16 Å². The van der Waals surface area contributed by atoms with Crippen molar-refractivity contribution in [3.05, 3.63) is 81.0 Å². The smallest absolute Gasteiger partial charge is 0.262 e. The van der Waals surface area contributed by atoms with E-state index in [1.54, 1.807) is 24.3 Å². The Morgan fingerprint density at radius 1 is 1.03 bits per heavy atom. The molecule has 4 heterocycles. The van der Waals surface area contributed by atoms with Crippen LogP contribution in [0.3, 0.4) is 0 Å². The highest BCUT2D eigenvalue weighted by Crippen LogP contribution is 2.35. The molecule has 9 heteroatoms. The number of nitrogens with zero attached hydrogens (tertiary/aromatic N) is 4. The van der Waals surface area contributed by atoms with Crippen LogP contribution in [0.1, 0.15) is 18.0 Å². The maximum atomic E-state index is 13.1. The zero-order valence-corrected chi connectivity index (χ0v) is 18.1. The highest BCUT2D eigenvalue weighted by molar-refractivity contribution is 7.99. The van der Waals surface area contributed by atoms with Gasteiger partial charge in [0.1, 0.15) is 0 Å². The van der Waals surface area contributed by atoms with Crippen LogP contribution in [-0.4, -0.2) is 48.9 Å². The van der Waals surface area contributed by atoms with Crippen molar-refractivity contribution >= 4 is 17.7 Å². The molecule has 32 heavy (non-hydrogen) atoms. The number of hydrogen-bond donors (Lipinski definition) is 1. The van der Waals surface area contributed by atoms with E-state index in [1.165, 1.54) is 4.57 Å². The summed E-state index contributed by atoms with van der Waals surface area (Å²) in [6.07, 6.45) is 0.974. The molecular weight excluding hydrogens is 428 g/mol. The predicted molar refractivity (Wildman–Crippen MR) is 120 cm³/mol. The summed E-state index contributed by atoms with van der Waals surface area (Å²) in [7, 11) is 0. The monoisotopic (exact) mass is 450 g/mol. The van der Waals surface area contributed by atoms with Crippen molar-refractivity contribution in [2.24, 2.45) is 5.92 Å². The Labute approximate surface area is 188 Å². The summed E-state index contributed by atoms with van der Waals surface area (Å²) in [5, 5.41) is 10.1. The topological polar surface area (TPSA) is 97.4 Å². The fraction of sp³-hybridized carbons (Fsp3) is 0.304. The molecule has 1 fully saturated rings. The van der Waals surface area contributed by atoms with E-state index in [2.05, 4.69) is 4.98 Å². The molecule has 1 amide bonds. The lowest BCUT2D eigenvalue weighted by molar-refractivity contribution is -0.131. The van der Waals surface area contributed by atoms with Crippen molar-refractivity contribution in [3.8, 4) is 11.6 Å². The maximum absolute atomic E-state index is 13.1. The van der Waals surface area contributed by atoms with Crippen molar-refractivity contribution in [1.82, 2.24) is 19.0 Å². The summed E-state index contributed by atoms with van der Waals surface area (Å²) in [6.45, 7) is 1.80. The Bertz CT molecular complexity index is 1290. The number of carbonyl (C=O) groups is 1. The number of fused-ring (bicyclic) bond motifs is 4. The molecule has 0 saturated carbocycles. The highest BCUT2D eigenvalue weighted by atomic mass is 32.2. The number of para-hydroxylation sites is 1. The molecule has 2 bridgehead atoms. The molecule has 2 aliphatic heterocycles. The third-order valence-electron chi connectivity index (χ3n) is 6.05.